The highest BCUT2D eigenvalue weighted by Crippen LogP contribution is 2.33. The number of hydrogen-bond acceptors (Lipinski definition) is 7. The highest BCUT2D eigenvalue weighted by molar-refractivity contribution is 5.88. The lowest BCUT2D eigenvalue weighted by Crippen LogP contribution is -2.37. The molecule has 5 aromatic rings. The fourth-order valence-electron chi connectivity index (χ4n) is 4.08. The molecule has 0 unspecified atom stereocenters. The molecule has 1 saturated heterocycles. The lowest BCUT2D eigenvalue weighted by Gasteiger charge is -2.27. The van der Waals surface area contributed by atoms with E-state index in [-0.39, 0.29) is 0 Å². The maximum absolute atomic E-state index is 6.24. The van der Waals surface area contributed by atoms with Crippen LogP contribution in [0.4, 0.5) is 5.82 Å². The second kappa shape index (κ2) is 7.86. The number of nitrogens with zero attached hydrogens (tertiary/aromatic N) is 7. The molecule has 6 rings (SSSR count). The number of ether oxygens (including phenoxy) is 1. The summed E-state index contributed by atoms with van der Waals surface area (Å²) in [5.74, 6) is 1.96. The van der Waals surface area contributed by atoms with Crippen LogP contribution < -0.4 is 4.90 Å². The lowest BCUT2D eigenvalue weighted by atomic mass is 10.1. The van der Waals surface area contributed by atoms with Gasteiger partial charge in [0.25, 0.3) is 5.95 Å². The first-order valence-corrected chi connectivity index (χ1v) is 10.9. The zero-order chi connectivity index (χ0) is 22.4. The van der Waals surface area contributed by atoms with Crippen LogP contribution in [0.15, 0.2) is 59.4 Å². The van der Waals surface area contributed by atoms with Gasteiger partial charge >= 0.3 is 0 Å². The predicted molar refractivity (Wildman–Crippen MR) is 124 cm³/mol. The first kappa shape index (κ1) is 19.7. The van der Waals surface area contributed by atoms with Crippen LogP contribution in [-0.2, 0) is 11.8 Å². The monoisotopic (exact) mass is 441 g/mol. The molecule has 0 N–H and O–H groups in total. The summed E-state index contributed by atoms with van der Waals surface area (Å²) in [6.45, 7) is 4.85. The van der Waals surface area contributed by atoms with Gasteiger partial charge in [-0.3, -0.25) is 4.68 Å². The van der Waals surface area contributed by atoms with Gasteiger partial charge in [-0.2, -0.15) is 15.2 Å². The molecular formula is C24H23N7O2. The van der Waals surface area contributed by atoms with E-state index in [0.717, 1.165) is 41.2 Å². The number of morpholine rings is 1. The highest BCUT2D eigenvalue weighted by atomic mass is 16.5. The van der Waals surface area contributed by atoms with Crippen LogP contribution in [-0.4, -0.2) is 55.8 Å². The Morgan fingerprint density at radius 2 is 1.88 bits per heavy atom. The van der Waals surface area contributed by atoms with E-state index in [1.165, 1.54) is 5.56 Å². The van der Waals surface area contributed by atoms with Crippen LogP contribution in [0, 0.1) is 6.92 Å². The van der Waals surface area contributed by atoms with Gasteiger partial charge in [-0.25, -0.2) is 9.67 Å². The SMILES string of the molecule is Cc1cccc(-c2ccn(-c3nc(N4CCOCC4)c4oc(-c5cnn(C)c5)cc4n3)n2)c1. The van der Waals surface area contributed by atoms with Gasteiger partial charge in [-0.05, 0) is 19.1 Å². The summed E-state index contributed by atoms with van der Waals surface area (Å²) in [6, 6.07) is 12.2. The van der Waals surface area contributed by atoms with Crippen LogP contribution in [0.1, 0.15) is 5.56 Å². The third kappa shape index (κ3) is 3.66. The second-order valence-corrected chi connectivity index (χ2v) is 8.19. The van der Waals surface area contributed by atoms with Gasteiger partial charge in [0.15, 0.2) is 11.4 Å². The second-order valence-electron chi connectivity index (χ2n) is 8.19. The molecule has 33 heavy (non-hydrogen) atoms. The summed E-state index contributed by atoms with van der Waals surface area (Å²) in [5, 5.41) is 9.02. The summed E-state index contributed by atoms with van der Waals surface area (Å²) in [5.41, 5.74) is 5.41. The van der Waals surface area contributed by atoms with Crippen molar-refractivity contribution >= 4 is 16.9 Å². The minimum absolute atomic E-state index is 0.501. The number of aromatic nitrogens is 6. The molecule has 9 heteroatoms. The van der Waals surface area contributed by atoms with Gasteiger partial charge in [0.05, 0.1) is 30.7 Å². The zero-order valence-electron chi connectivity index (χ0n) is 18.5. The predicted octanol–water partition coefficient (Wildman–Crippen LogP) is 3.62. The standard InChI is InChI=1S/C24H23N7O2/c1-16-4-3-5-17(12-16)19-6-7-31(28-19)24-26-20-13-21(18-14-25-29(2)15-18)33-22(20)23(27-24)30-8-10-32-11-9-30/h3-7,12-15H,8-11H2,1-2H3. The van der Waals surface area contributed by atoms with E-state index in [0.29, 0.717) is 30.5 Å². The molecule has 0 amide bonds. The number of anilines is 1. The molecule has 5 heterocycles. The van der Waals surface area contributed by atoms with E-state index < -0.39 is 0 Å². The van der Waals surface area contributed by atoms with Crippen molar-refractivity contribution in [1.29, 1.82) is 0 Å². The highest BCUT2D eigenvalue weighted by Gasteiger charge is 2.22. The molecule has 0 spiro atoms. The summed E-state index contributed by atoms with van der Waals surface area (Å²) in [4.78, 5) is 11.8. The molecule has 0 aliphatic carbocycles. The summed E-state index contributed by atoms with van der Waals surface area (Å²) < 4.78 is 15.3. The number of aryl methyl sites for hydroxylation is 2. The molecular weight excluding hydrogens is 418 g/mol. The maximum Gasteiger partial charge on any atom is 0.253 e. The van der Waals surface area contributed by atoms with E-state index >= 15 is 0 Å². The van der Waals surface area contributed by atoms with Gasteiger partial charge in [0, 0.05) is 44.2 Å². The third-order valence-electron chi connectivity index (χ3n) is 5.75. The molecule has 1 aliphatic heterocycles. The molecule has 1 aliphatic rings. The number of benzene rings is 1. The van der Waals surface area contributed by atoms with E-state index in [4.69, 9.17) is 24.2 Å². The van der Waals surface area contributed by atoms with Crippen LogP contribution >= 0.6 is 0 Å². The van der Waals surface area contributed by atoms with Crippen LogP contribution in [0.5, 0.6) is 0 Å². The molecule has 0 saturated carbocycles. The average molecular weight is 441 g/mol. The number of furan rings is 1. The number of fused-ring (bicyclic) bond motifs is 1. The Morgan fingerprint density at radius 3 is 2.67 bits per heavy atom. The molecule has 1 fully saturated rings. The molecule has 0 atom stereocenters. The van der Waals surface area contributed by atoms with Crippen LogP contribution in [0.3, 0.4) is 0 Å². The van der Waals surface area contributed by atoms with E-state index in [1.54, 1.807) is 15.6 Å². The van der Waals surface area contributed by atoms with Crippen molar-refractivity contribution < 1.29 is 9.15 Å². The van der Waals surface area contributed by atoms with E-state index in [1.807, 2.05) is 37.6 Å². The summed E-state index contributed by atoms with van der Waals surface area (Å²) in [6.07, 6.45) is 5.59. The zero-order valence-corrected chi connectivity index (χ0v) is 18.5. The minimum atomic E-state index is 0.501. The van der Waals surface area contributed by atoms with Crippen LogP contribution in [0.2, 0.25) is 0 Å². The minimum Gasteiger partial charge on any atom is -0.450 e. The summed E-state index contributed by atoms with van der Waals surface area (Å²) in [7, 11) is 1.88. The first-order chi connectivity index (χ1) is 16.1. The van der Waals surface area contributed by atoms with Crippen molar-refractivity contribution in [3.8, 4) is 28.5 Å². The van der Waals surface area contributed by atoms with Gasteiger partial charge < -0.3 is 14.1 Å². The topological polar surface area (TPSA) is 87.0 Å². The van der Waals surface area contributed by atoms with E-state index in [2.05, 4.69) is 35.1 Å². The van der Waals surface area contributed by atoms with Crippen molar-refractivity contribution in [2.45, 2.75) is 6.92 Å². The largest absolute Gasteiger partial charge is 0.450 e. The fraction of sp³-hybridized carbons (Fsp3) is 0.250. The lowest BCUT2D eigenvalue weighted by molar-refractivity contribution is 0.122. The van der Waals surface area contributed by atoms with Crippen molar-refractivity contribution in [3.05, 3.63) is 60.6 Å². The van der Waals surface area contributed by atoms with Crippen molar-refractivity contribution in [2.24, 2.45) is 7.05 Å². The van der Waals surface area contributed by atoms with Gasteiger partial charge in [-0.1, -0.05) is 23.8 Å². The number of rotatable bonds is 4. The Bertz CT molecular complexity index is 1440. The normalized spacial score (nSPS) is 14.3. The smallest absolute Gasteiger partial charge is 0.253 e. The first-order valence-electron chi connectivity index (χ1n) is 10.9. The third-order valence-corrected chi connectivity index (χ3v) is 5.75. The van der Waals surface area contributed by atoms with Gasteiger partial charge in [-0.15, -0.1) is 0 Å². The molecule has 0 radical (unpaired) electrons. The average Bonchev–Trinajstić information content (AvgIpc) is 3.58. The summed E-state index contributed by atoms with van der Waals surface area (Å²) >= 11 is 0. The van der Waals surface area contributed by atoms with Crippen molar-refractivity contribution in [1.82, 2.24) is 29.5 Å². The maximum atomic E-state index is 6.24. The number of hydrogen-bond donors (Lipinski definition) is 0. The van der Waals surface area contributed by atoms with Gasteiger partial charge in [0.1, 0.15) is 11.3 Å². The van der Waals surface area contributed by atoms with Crippen molar-refractivity contribution in [2.75, 3.05) is 31.2 Å². The quantitative estimate of drug-likeness (QED) is 0.421. The molecule has 4 aromatic heterocycles. The van der Waals surface area contributed by atoms with E-state index in [9.17, 15) is 0 Å². The fourth-order valence-corrected chi connectivity index (χ4v) is 4.08. The Balaban J connectivity index is 1.47. The Kier molecular flexibility index (Phi) is 4.69. The molecule has 166 valence electrons. The molecule has 1 aromatic carbocycles. The van der Waals surface area contributed by atoms with Gasteiger partial charge in [0.2, 0.25) is 0 Å². The Morgan fingerprint density at radius 1 is 1.00 bits per heavy atom. The van der Waals surface area contributed by atoms with Crippen LogP contribution in [0.25, 0.3) is 39.6 Å². The molecule has 9 nitrogen and oxygen atoms in total. The Hall–Kier alpha value is -3.98. The van der Waals surface area contributed by atoms with Crippen molar-refractivity contribution in [3.63, 3.8) is 0 Å². The Labute approximate surface area is 190 Å². The molecule has 0 bridgehead atoms.